The predicted octanol–water partition coefficient (Wildman–Crippen LogP) is 3.82. The van der Waals surface area contributed by atoms with E-state index in [1.165, 1.54) is 0 Å². The summed E-state index contributed by atoms with van der Waals surface area (Å²) in [6.45, 7) is 8.45. The fourth-order valence-corrected chi connectivity index (χ4v) is 2.93. The highest BCUT2D eigenvalue weighted by Gasteiger charge is 2.11. The third kappa shape index (κ3) is 8.56. The van der Waals surface area contributed by atoms with Crippen LogP contribution < -0.4 is 20.1 Å². The van der Waals surface area contributed by atoms with Gasteiger partial charge in [-0.15, -0.1) is 24.0 Å². The molecule has 0 amide bonds. The van der Waals surface area contributed by atoms with E-state index in [-0.39, 0.29) is 24.0 Å². The molecule has 0 saturated heterocycles. The van der Waals surface area contributed by atoms with Gasteiger partial charge in [-0.05, 0) is 30.5 Å². The van der Waals surface area contributed by atoms with Crippen molar-refractivity contribution in [3.63, 3.8) is 0 Å². The normalized spacial score (nSPS) is 13.5. The summed E-state index contributed by atoms with van der Waals surface area (Å²) in [7, 11) is 1.92. The minimum Gasteiger partial charge on any atom is -0.490 e. The Balaban J connectivity index is 0.00000341. The second-order valence-corrected chi connectivity index (χ2v) is 7.70. The average molecular weight is 543 g/mol. The molecule has 9 heteroatoms. The lowest BCUT2D eigenvalue weighted by Gasteiger charge is -2.15. The molecule has 172 valence electrons. The number of aromatic nitrogens is 2. The number of benzene rings is 1. The summed E-state index contributed by atoms with van der Waals surface area (Å²) in [5, 5.41) is 11.0. The molecule has 1 aromatic heterocycles. The van der Waals surface area contributed by atoms with Crippen LogP contribution in [0.3, 0.4) is 0 Å². The van der Waals surface area contributed by atoms with Crippen molar-refractivity contribution < 1.29 is 14.2 Å². The van der Waals surface area contributed by atoms with Crippen molar-refractivity contribution in [1.82, 2.24) is 15.1 Å². The summed E-state index contributed by atoms with van der Waals surface area (Å²) in [4.78, 5) is 4.72. The first-order valence-corrected chi connectivity index (χ1v) is 10.6. The molecule has 2 aromatic rings. The number of hydrogen-bond donors (Lipinski definition) is 2. The molecule has 0 spiro atoms. The van der Waals surface area contributed by atoms with Gasteiger partial charge in [-0.1, -0.05) is 13.8 Å². The van der Waals surface area contributed by atoms with Gasteiger partial charge in [-0.2, -0.15) is 5.10 Å². The number of anilines is 1. The van der Waals surface area contributed by atoms with Gasteiger partial charge in [0.25, 0.3) is 0 Å². The Labute approximate surface area is 201 Å². The zero-order valence-electron chi connectivity index (χ0n) is 18.6. The molecule has 2 N–H and O–H groups in total. The molecule has 8 nitrogen and oxygen atoms in total. The van der Waals surface area contributed by atoms with E-state index in [0.29, 0.717) is 31.6 Å². The highest BCUT2D eigenvalue weighted by Crippen LogP contribution is 2.32. The maximum atomic E-state index is 5.80. The topological polar surface area (TPSA) is 81.9 Å². The van der Waals surface area contributed by atoms with Gasteiger partial charge in [0.2, 0.25) is 0 Å². The van der Waals surface area contributed by atoms with Gasteiger partial charge in [0.1, 0.15) is 0 Å². The van der Waals surface area contributed by atoms with E-state index in [2.05, 4.69) is 29.6 Å². The molecule has 1 aliphatic heterocycles. The highest BCUT2D eigenvalue weighted by atomic mass is 127. The SMILES string of the molecule is CC(C)COCCCNC(=NCc1ccnn1C)Nc1ccc2c(c1)OCCCO2.I. The molecule has 0 saturated carbocycles. The number of rotatable bonds is 9. The molecule has 0 radical (unpaired) electrons. The largest absolute Gasteiger partial charge is 0.490 e. The molecule has 0 fully saturated rings. The number of hydrogen-bond acceptors (Lipinski definition) is 5. The fraction of sp³-hybridized carbons (Fsp3) is 0.545. The summed E-state index contributed by atoms with van der Waals surface area (Å²) >= 11 is 0. The Kier molecular flexibility index (Phi) is 10.9. The van der Waals surface area contributed by atoms with Crippen molar-refractivity contribution in [2.24, 2.45) is 18.0 Å². The summed E-state index contributed by atoms with van der Waals surface area (Å²) < 4.78 is 19.0. The molecule has 1 aliphatic rings. The van der Waals surface area contributed by atoms with E-state index in [4.69, 9.17) is 19.2 Å². The predicted molar refractivity (Wildman–Crippen MR) is 134 cm³/mol. The second-order valence-electron chi connectivity index (χ2n) is 7.70. The standard InChI is InChI=1S/C22H33N5O3.HI/c1-17(2)16-28-11-4-9-23-22(24-15-19-8-10-25-27(19)3)26-18-6-7-20-21(14-18)30-13-5-12-29-20;/h6-8,10,14,17H,4-5,9,11-13,15-16H2,1-3H3,(H2,23,24,26);1H. The van der Waals surface area contributed by atoms with E-state index >= 15 is 0 Å². The van der Waals surface area contributed by atoms with E-state index in [1.54, 1.807) is 6.20 Å². The number of nitrogens with one attached hydrogen (secondary N) is 2. The second kappa shape index (κ2) is 13.4. The van der Waals surface area contributed by atoms with Gasteiger partial charge in [0.05, 0.1) is 25.5 Å². The Morgan fingerprint density at radius 3 is 2.77 bits per heavy atom. The quantitative estimate of drug-likeness (QED) is 0.217. The average Bonchev–Trinajstić information content (AvgIpc) is 2.99. The van der Waals surface area contributed by atoms with Crippen LogP contribution in [0.15, 0.2) is 35.5 Å². The molecule has 3 rings (SSSR count). The van der Waals surface area contributed by atoms with Gasteiger partial charge >= 0.3 is 0 Å². The number of guanidine groups is 1. The molecular weight excluding hydrogens is 509 g/mol. The number of nitrogens with zero attached hydrogens (tertiary/aromatic N) is 3. The summed E-state index contributed by atoms with van der Waals surface area (Å²) in [5.41, 5.74) is 1.93. The Bertz CT molecular complexity index is 825. The first kappa shape index (κ1) is 25.3. The zero-order valence-corrected chi connectivity index (χ0v) is 20.9. The lowest BCUT2D eigenvalue weighted by atomic mass is 10.2. The Morgan fingerprint density at radius 1 is 1.23 bits per heavy atom. The molecular formula is C22H34IN5O3. The first-order chi connectivity index (χ1) is 14.6. The van der Waals surface area contributed by atoms with Crippen molar-refractivity contribution in [3.8, 4) is 11.5 Å². The van der Waals surface area contributed by atoms with Crippen molar-refractivity contribution in [3.05, 3.63) is 36.2 Å². The van der Waals surface area contributed by atoms with Crippen LogP contribution in [0.25, 0.3) is 0 Å². The van der Waals surface area contributed by atoms with Gasteiger partial charge in [-0.3, -0.25) is 4.68 Å². The minimum absolute atomic E-state index is 0. The Morgan fingerprint density at radius 2 is 2.03 bits per heavy atom. The van der Waals surface area contributed by atoms with Crippen LogP contribution in [0, 0.1) is 5.92 Å². The van der Waals surface area contributed by atoms with Crippen molar-refractivity contribution in [2.45, 2.75) is 33.2 Å². The van der Waals surface area contributed by atoms with Crippen LogP contribution in [0.2, 0.25) is 0 Å². The van der Waals surface area contributed by atoms with E-state index in [9.17, 15) is 0 Å². The molecule has 2 heterocycles. The van der Waals surface area contributed by atoms with Crippen LogP contribution in [0.4, 0.5) is 5.69 Å². The van der Waals surface area contributed by atoms with E-state index in [0.717, 1.165) is 55.5 Å². The molecule has 0 atom stereocenters. The molecule has 31 heavy (non-hydrogen) atoms. The molecule has 0 aliphatic carbocycles. The first-order valence-electron chi connectivity index (χ1n) is 10.6. The highest BCUT2D eigenvalue weighted by molar-refractivity contribution is 14.0. The number of fused-ring (bicyclic) bond motifs is 1. The number of aliphatic imine (C=N–C) groups is 1. The van der Waals surface area contributed by atoms with Crippen LogP contribution in [0.1, 0.15) is 32.4 Å². The van der Waals surface area contributed by atoms with Crippen LogP contribution in [-0.4, -0.2) is 48.7 Å². The zero-order chi connectivity index (χ0) is 21.2. The summed E-state index contributed by atoms with van der Waals surface area (Å²) in [6, 6.07) is 7.82. The summed E-state index contributed by atoms with van der Waals surface area (Å²) in [6.07, 6.45) is 3.57. The third-order valence-electron chi connectivity index (χ3n) is 4.54. The van der Waals surface area contributed by atoms with Crippen LogP contribution in [-0.2, 0) is 18.3 Å². The van der Waals surface area contributed by atoms with Gasteiger partial charge < -0.3 is 24.8 Å². The van der Waals surface area contributed by atoms with Crippen molar-refractivity contribution in [2.75, 3.05) is 38.3 Å². The number of aryl methyl sites for hydroxylation is 1. The van der Waals surface area contributed by atoms with E-state index < -0.39 is 0 Å². The maximum absolute atomic E-state index is 5.80. The van der Waals surface area contributed by atoms with Crippen LogP contribution in [0.5, 0.6) is 11.5 Å². The number of ether oxygens (including phenoxy) is 3. The fourth-order valence-electron chi connectivity index (χ4n) is 2.93. The van der Waals surface area contributed by atoms with Crippen molar-refractivity contribution >= 4 is 35.6 Å². The van der Waals surface area contributed by atoms with Gasteiger partial charge in [0.15, 0.2) is 17.5 Å². The van der Waals surface area contributed by atoms with Crippen LogP contribution >= 0.6 is 24.0 Å². The maximum Gasteiger partial charge on any atom is 0.196 e. The third-order valence-corrected chi connectivity index (χ3v) is 4.54. The van der Waals surface area contributed by atoms with Gasteiger partial charge in [0, 0.05) is 51.2 Å². The lowest BCUT2D eigenvalue weighted by molar-refractivity contribution is 0.108. The monoisotopic (exact) mass is 543 g/mol. The lowest BCUT2D eigenvalue weighted by Crippen LogP contribution is -2.32. The number of halogens is 1. The Hall–Kier alpha value is -2.01. The summed E-state index contributed by atoms with van der Waals surface area (Å²) in [5.74, 6) is 2.79. The van der Waals surface area contributed by atoms with E-state index in [1.807, 2.05) is 36.0 Å². The van der Waals surface area contributed by atoms with Gasteiger partial charge in [-0.25, -0.2) is 4.99 Å². The minimum atomic E-state index is 0. The molecule has 0 bridgehead atoms. The van der Waals surface area contributed by atoms with Crippen molar-refractivity contribution in [1.29, 1.82) is 0 Å². The molecule has 1 aromatic carbocycles. The smallest absolute Gasteiger partial charge is 0.196 e. The molecule has 0 unspecified atom stereocenters.